The monoisotopic (exact) mass is 710 g/mol. The first-order valence-corrected chi connectivity index (χ1v) is 16.8. The van der Waals surface area contributed by atoms with Gasteiger partial charge in [0.2, 0.25) is 17.7 Å². The van der Waals surface area contributed by atoms with Crippen molar-refractivity contribution in [2.75, 3.05) is 13.1 Å². The molecule has 3 N–H and O–H groups in total. The van der Waals surface area contributed by atoms with Gasteiger partial charge in [-0.3, -0.25) is 19.2 Å². The van der Waals surface area contributed by atoms with Crippen LogP contribution < -0.4 is 16.0 Å². The first kappa shape index (κ1) is 36.2. The van der Waals surface area contributed by atoms with Gasteiger partial charge in [0.1, 0.15) is 29.1 Å². The summed E-state index contributed by atoms with van der Waals surface area (Å²) in [5.74, 6) is -1.62. The average molecular weight is 711 g/mol. The number of alkyl halides is 3. The van der Waals surface area contributed by atoms with Crippen LogP contribution in [0, 0.1) is 12.8 Å². The highest BCUT2D eigenvalue weighted by molar-refractivity contribution is 7.13. The van der Waals surface area contributed by atoms with Crippen molar-refractivity contribution in [3.63, 3.8) is 0 Å². The molecular weight excluding hydrogens is 673 g/mol. The number of benzene rings is 2. The molecule has 0 saturated heterocycles. The van der Waals surface area contributed by atoms with Gasteiger partial charge in [0.25, 0.3) is 5.91 Å². The number of nitrogens with zero attached hydrogens (tertiary/aromatic N) is 5. The molecule has 2 aromatic heterocycles. The Morgan fingerprint density at radius 2 is 1.64 bits per heavy atom. The number of thiazole rings is 1. The molecule has 50 heavy (non-hydrogen) atoms. The Hall–Kier alpha value is -5.12. The number of halogens is 3. The fourth-order valence-corrected chi connectivity index (χ4v) is 6.26. The lowest BCUT2D eigenvalue weighted by Crippen LogP contribution is -2.54. The summed E-state index contributed by atoms with van der Waals surface area (Å²) in [6, 6.07) is 11.5. The van der Waals surface area contributed by atoms with Gasteiger partial charge in [0, 0.05) is 23.5 Å². The molecule has 2 aromatic carbocycles. The summed E-state index contributed by atoms with van der Waals surface area (Å²) in [6.45, 7) is 6.14. The zero-order valence-corrected chi connectivity index (χ0v) is 28.6. The minimum absolute atomic E-state index is 0.0127. The summed E-state index contributed by atoms with van der Waals surface area (Å²) < 4.78 is 40.7. The molecule has 0 unspecified atom stereocenters. The first-order chi connectivity index (χ1) is 23.7. The first-order valence-electron chi connectivity index (χ1n) is 15.9. The highest BCUT2D eigenvalue weighted by atomic mass is 32.1. The van der Waals surface area contributed by atoms with Crippen molar-refractivity contribution in [1.29, 1.82) is 0 Å². The van der Waals surface area contributed by atoms with Crippen LogP contribution in [0.1, 0.15) is 60.1 Å². The standard InChI is InChI=1S/C34H37F3N8O4S/c1-19(2)26-15-44(33(49)27-18-50-32(42-27)23-10-12-24(13-11-23)34(35,36)37)16-28(46)40-25(14-22-8-6-5-7-9-22)30-39-21(4)43-45(30)17-29(47)38-20(3)31(48)41-26/h5-13,18-20,25-26H,14-17H2,1-4H3,(H,38,47)(H,40,46)(H,41,48)/t20-,25+,26-/m1/s1. The van der Waals surface area contributed by atoms with E-state index < -0.39 is 60.0 Å². The molecule has 0 spiro atoms. The number of carbonyl (C=O) groups excluding carboxylic acids is 4. The molecule has 1 aliphatic rings. The Labute approximate surface area is 290 Å². The molecule has 0 radical (unpaired) electrons. The second-order valence-corrected chi connectivity index (χ2v) is 13.3. The van der Waals surface area contributed by atoms with Gasteiger partial charge >= 0.3 is 6.18 Å². The minimum Gasteiger partial charge on any atom is -0.350 e. The Morgan fingerprint density at radius 1 is 0.960 bits per heavy atom. The third-order valence-electron chi connectivity index (χ3n) is 8.15. The Morgan fingerprint density at radius 3 is 2.30 bits per heavy atom. The van der Waals surface area contributed by atoms with Crippen molar-refractivity contribution in [3.05, 3.63) is 88.4 Å². The lowest BCUT2D eigenvalue weighted by Gasteiger charge is -2.31. The van der Waals surface area contributed by atoms with Gasteiger partial charge < -0.3 is 20.9 Å². The molecule has 4 amide bonds. The van der Waals surface area contributed by atoms with Crippen LogP contribution in [0.2, 0.25) is 0 Å². The van der Waals surface area contributed by atoms with Gasteiger partial charge in [-0.1, -0.05) is 56.3 Å². The highest BCUT2D eigenvalue weighted by Crippen LogP contribution is 2.32. The van der Waals surface area contributed by atoms with Crippen molar-refractivity contribution < 1.29 is 32.3 Å². The second kappa shape index (κ2) is 15.2. The van der Waals surface area contributed by atoms with Crippen LogP contribution in [0.5, 0.6) is 0 Å². The molecule has 4 aromatic rings. The van der Waals surface area contributed by atoms with Crippen LogP contribution in [0.15, 0.2) is 60.0 Å². The lowest BCUT2D eigenvalue weighted by molar-refractivity contribution is -0.137. The number of hydrogen-bond donors (Lipinski definition) is 3. The predicted octanol–water partition coefficient (Wildman–Crippen LogP) is 3.93. The molecule has 1 aliphatic heterocycles. The maximum atomic E-state index is 14.0. The molecule has 5 rings (SSSR count). The van der Waals surface area contributed by atoms with E-state index in [1.807, 2.05) is 44.2 Å². The van der Waals surface area contributed by atoms with Crippen molar-refractivity contribution in [2.45, 2.75) is 65.0 Å². The van der Waals surface area contributed by atoms with Gasteiger partial charge in [-0.25, -0.2) is 14.6 Å². The zero-order valence-electron chi connectivity index (χ0n) is 27.8. The third kappa shape index (κ3) is 8.91. The third-order valence-corrected chi connectivity index (χ3v) is 9.04. The number of fused-ring (bicyclic) bond motifs is 1. The average Bonchev–Trinajstić information content (AvgIpc) is 3.70. The van der Waals surface area contributed by atoms with E-state index in [4.69, 9.17) is 0 Å². The number of amides is 4. The summed E-state index contributed by atoms with van der Waals surface area (Å²) in [7, 11) is 0. The summed E-state index contributed by atoms with van der Waals surface area (Å²) in [5.41, 5.74) is 0.447. The van der Waals surface area contributed by atoms with E-state index in [1.54, 1.807) is 13.8 Å². The van der Waals surface area contributed by atoms with Crippen LogP contribution in [-0.4, -0.2) is 73.5 Å². The van der Waals surface area contributed by atoms with Gasteiger partial charge in [-0.05, 0) is 43.9 Å². The Kier molecular flexibility index (Phi) is 11.0. The number of carbonyl (C=O) groups is 4. The molecule has 3 heterocycles. The number of rotatable bonds is 5. The molecular formula is C34H37F3N8O4S. The summed E-state index contributed by atoms with van der Waals surface area (Å²) in [4.78, 5) is 64.4. The molecule has 12 nitrogen and oxygen atoms in total. The topological polar surface area (TPSA) is 151 Å². The zero-order chi connectivity index (χ0) is 36.2. The minimum atomic E-state index is -4.50. The Bertz CT molecular complexity index is 1840. The van der Waals surface area contributed by atoms with E-state index in [2.05, 4.69) is 31.0 Å². The number of aryl methyl sites for hydroxylation is 1. The van der Waals surface area contributed by atoms with E-state index in [-0.39, 0.29) is 24.7 Å². The van der Waals surface area contributed by atoms with Crippen LogP contribution in [-0.2, 0) is 33.5 Å². The SMILES string of the molecule is Cc1nc2n(n1)CC(=O)N[C@H](C)C(=O)N[C@@H](C(C)C)CN(C(=O)c1csc(-c3ccc(C(F)(F)F)cc3)n1)CC(=O)N[C@H]2Cc1ccccc1. The molecule has 0 fully saturated rings. The van der Waals surface area contributed by atoms with Crippen LogP contribution in [0.25, 0.3) is 10.6 Å². The fourth-order valence-electron chi connectivity index (χ4n) is 5.46. The van der Waals surface area contributed by atoms with Crippen LogP contribution in [0.3, 0.4) is 0 Å². The quantitative estimate of drug-likeness (QED) is 0.284. The smallest absolute Gasteiger partial charge is 0.350 e. The largest absolute Gasteiger partial charge is 0.416 e. The van der Waals surface area contributed by atoms with Gasteiger partial charge in [0.05, 0.1) is 18.2 Å². The van der Waals surface area contributed by atoms with Gasteiger partial charge in [-0.2, -0.15) is 18.3 Å². The molecule has 0 bridgehead atoms. The second-order valence-electron chi connectivity index (χ2n) is 12.4. The number of hydrogen-bond acceptors (Lipinski definition) is 8. The molecule has 264 valence electrons. The van der Waals surface area contributed by atoms with E-state index in [1.165, 1.54) is 27.1 Å². The highest BCUT2D eigenvalue weighted by Gasteiger charge is 2.32. The summed E-state index contributed by atoms with van der Waals surface area (Å²) >= 11 is 1.08. The predicted molar refractivity (Wildman–Crippen MR) is 179 cm³/mol. The normalized spacial score (nSPS) is 19.6. The van der Waals surface area contributed by atoms with Gasteiger partial charge in [-0.15, -0.1) is 11.3 Å². The van der Waals surface area contributed by atoms with E-state index in [0.29, 0.717) is 28.6 Å². The maximum absolute atomic E-state index is 14.0. The van der Waals surface area contributed by atoms with E-state index in [0.717, 1.165) is 29.0 Å². The van der Waals surface area contributed by atoms with Crippen molar-refractivity contribution in [2.24, 2.45) is 5.92 Å². The summed E-state index contributed by atoms with van der Waals surface area (Å²) in [6.07, 6.45) is -4.20. The number of nitrogens with one attached hydrogen (secondary N) is 3. The van der Waals surface area contributed by atoms with E-state index in [9.17, 15) is 32.3 Å². The van der Waals surface area contributed by atoms with Crippen molar-refractivity contribution in [3.8, 4) is 10.6 Å². The van der Waals surface area contributed by atoms with Crippen molar-refractivity contribution in [1.82, 2.24) is 40.6 Å². The summed E-state index contributed by atoms with van der Waals surface area (Å²) in [5, 5.41) is 14.7. The maximum Gasteiger partial charge on any atom is 0.416 e. The Balaban J connectivity index is 1.49. The molecule has 16 heteroatoms. The molecule has 0 saturated carbocycles. The van der Waals surface area contributed by atoms with Crippen LogP contribution in [0.4, 0.5) is 13.2 Å². The lowest BCUT2D eigenvalue weighted by atomic mass is 10.0. The van der Waals surface area contributed by atoms with Crippen LogP contribution >= 0.6 is 11.3 Å². The van der Waals surface area contributed by atoms with E-state index >= 15 is 0 Å². The fraction of sp³-hybridized carbons (Fsp3) is 0.382. The van der Waals surface area contributed by atoms with Gasteiger partial charge in [0.15, 0.2) is 5.82 Å². The molecule has 3 atom stereocenters. The van der Waals surface area contributed by atoms with Crippen molar-refractivity contribution >= 4 is 35.0 Å². The number of aromatic nitrogens is 4. The molecule has 0 aliphatic carbocycles.